The van der Waals surface area contributed by atoms with E-state index in [1.807, 2.05) is 54.3 Å². The van der Waals surface area contributed by atoms with Crippen molar-refractivity contribution in [1.82, 2.24) is 4.90 Å². The Morgan fingerprint density at radius 2 is 1.65 bits per heavy atom. The van der Waals surface area contributed by atoms with Gasteiger partial charge in [0.05, 0.1) is 38.1 Å². The topological polar surface area (TPSA) is 140 Å². The van der Waals surface area contributed by atoms with Gasteiger partial charge in [-0.25, -0.2) is 0 Å². The van der Waals surface area contributed by atoms with Crippen LogP contribution in [0.5, 0.6) is 17.2 Å². The maximum absolute atomic E-state index is 14.5. The fourth-order valence-corrected chi connectivity index (χ4v) is 9.65. The van der Waals surface area contributed by atoms with Crippen LogP contribution in [0.3, 0.4) is 0 Å². The largest absolute Gasteiger partial charge is 0.459 e. The van der Waals surface area contributed by atoms with Gasteiger partial charge < -0.3 is 44.0 Å². The molecule has 0 aromatic heterocycles. The molecule has 0 bridgehead atoms. The van der Waals surface area contributed by atoms with E-state index in [9.17, 15) is 20.1 Å². The zero-order chi connectivity index (χ0) is 41.9. The van der Waals surface area contributed by atoms with Crippen molar-refractivity contribution < 1.29 is 43.9 Å². The van der Waals surface area contributed by atoms with Crippen LogP contribution in [-0.4, -0.2) is 96.5 Å². The molecule has 0 radical (unpaired) electrons. The molecule has 4 aliphatic rings. The third kappa shape index (κ3) is 9.66. The van der Waals surface area contributed by atoms with Gasteiger partial charge in [0.2, 0.25) is 11.7 Å². The molecule has 3 aliphatic carbocycles. The third-order valence-electron chi connectivity index (χ3n) is 12.4. The first-order chi connectivity index (χ1) is 29.5. The van der Waals surface area contributed by atoms with Crippen molar-refractivity contribution in [3.05, 3.63) is 103 Å². The minimum absolute atomic E-state index is 0.0301. The first kappa shape index (κ1) is 43.6. The Bertz CT molecular complexity index is 1930. The predicted octanol–water partition coefficient (Wildman–Crippen LogP) is 8.05. The van der Waals surface area contributed by atoms with Crippen molar-refractivity contribution in [2.24, 2.45) is 28.8 Å². The van der Waals surface area contributed by atoms with Crippen LogP contribution in [-0.2, 0) is 19.1 Å². The van der Waals surface area contributed by atoms with Gasteiger partial charge in [-0.2, -0.15) is 0 Å². The number of nitrogens with zero attached hydrogens (tertiary/aromatic N) is 2. The number of carbonyl (C=O) groups is 1. The predicted molar refractivity (Wildman–Crippen MR) is 231 cm³/mol. The Balaban J connectivity index is 1.38. The van der Waals surface area contributed by atoms with Gasteiger partial charge in [0.15, 0.2) is 0 Å². The van der Waals surface area contributed by atoms with E-state index in [1.165, 1.54) is 0 Å². The molecule has 1 heterocycles. The fraction of sp³-hybridized carbons (Fsp3) is 0.510. The van der Waals surface area contributed by atoms with Gasteiger partial charge in [-0.05, 0) is 104 Å². The lowest BCUT2D eigenvalue weighted by Gasteiger charge is -2.60. The Kier molecular flexibility index (Phi) is 15.1. The standard InChI is InChI=1S/C49H62N2O9/c1-3-28-57-49-45(51(24-29-56-30-27-54)48(55)36-16-17-36)33-43(50-58-4-2)41-31-37(14-8-10-25-52)40(15-9-11-26-53)46(47(41)49)42-32-39(22-23-44(42)60-49)59-38-20-18-35(19-21-38)34-12-6-5-7-13-34/h3,5-7,12-13,18-23,31-32,36-37,40,45-47,52-54H,1,4,8-11,14-17,24-30,33H2,2H3. The molecule has 2 fully saturated rings. The Morgan fingerprint density at radius 3 is 2.35 bits per heavy atom. The highest BCUT2D eigenvalue weighted by Gasteiger charge is 2.65. The molecule has 7 rings (SSSR count). The van der Waals surface area contributed by atoms with Gasteiger partial charge in [0, 0.05) is 43.6 Å². The lowest BCUT2D eigenvalue weighted by Crippen LogP contribution is -2.70. The Morgan fingerprint density at radius 1 is 0.917 bits per heavy atom. The monoisotopic (exact) mass is 822 g/mol. The highest BCUT2D eigenvalue weighted by Crippen LogP contribution is 2.62. The number of unbranched alkanes of at least 4 members (excludes halogenated alkanes) is 2. The number of amides is 1. The van der Waals surface area contributed by atoms with Gasteiger partial charge in [0.25, 0.3) is 0 Å². The number of hydrogen-bond donors (Lipinski definition) is 3. The Hall–Kier alpha value is -4.52. The average molecular weight is 823 g/mol. The molecule has 0 saturated heterocycles. The lowest BCUT2D eigenvalue weighted by molar-refractivity contribution is -0.258. The maximum atomic E-state index is 14.5. The van der Waals surface area contributed by atoms with Crippen LogP contribution in [0.4, 0.5) is 0 Å². The molecule has 3 aromatic rings. The van der Waals surface area contributed by atoms with Crippen LogP contribution in [0.15, 0.2) is 102 Å². The molecule has 1 aliphatic heterocycles. The summed E-state index contributed by atoms with van der Waals surface area (Å²) in [6, 6.07) is 23.8. The number of benzene rings is 3. The van der Waals surface area contributed by atoms with Crippen LogP contribution < -0.4 is 9.47 Å². The first-order valence-corrected chi connectivity index (χ1v) is 22.0. The second-order valence-electron chi connectivity index (χ2n) is 16.3. The summed E-state index contributed by atoms with van der Waals surface area (Å²) in [5, 5.41) is 34.1. The number of allylic oxidation sites excluding steroid dienone is 1. The highest BCUT2D eigenvalue weighted by atomic mass is 16.7. The molecule has 11 nitrogen and oxygen atoms in total. The smallest absolute Gasteiger partial charge is 0.239 e. The first-order valence-electron chi connectivity index (χ1n) is 22.0. The molecule has 6 unspecified atom stereocenters. The number of aliphatic hydroxyl groups is 3. The second kappa shape index (κ2) is 20.8. The van der Waals surface area contributed by atoms with E-state index in [-0.39, 0.29) is 75.8 Å². The Labute approximate surface area is 354 Å². The van der Waals surface area contributed by atoms with E-state index in [2.05, 4.69) is 43.0 Å². The van der Waals surface area contributed by atoms with Crippen LogP contribution in [0, 0.1) is 23.7 Å². The van der Waals surface area contributed by atoms with Gasteiger partial charge in [0.1, 0.15) is 29.9 Å². The van der Waals surface area contributed by atoms with E-state index < -0.39 is 17.7 Å². The van der Waals surface area contributed by atoms with Crippen molar-refractivity contribution in [3.63, 3.8) is 0 Å². The normalized spacial score (nSPS) is 24.8. The molecule has 0 spiro atoms. The zero-order valence-electron chi connectivity index (χ0n) is 35.0. The van der Waals surface area contributed by atoms with Gasteiger partial charge in [-0.3, -0.25) is 4.79 Å². The number of oxime groups is 1. The maximum Gasteiger partial charge on any atom is 0.239 e. The minimum Gasteiger partial charge on any atom is -0.459 e. The molecular formula is C49H62N2O9. The average Bonchev–Trinajstić information content (AvgIpc) is 4.13. The summed E-state index contributed by atoms with van der Waals surface area (Å²) in [4.78, 5) is 22.2. The van der Waals surface area contributed by atoms with Crippen molar-refractivity contribution >= 4 is 11.6 Å². The van der Waals surface area contributed by atoms with Crippen molar-refractivity contribution in [1.29, 1.82) is 0 Å². The summed E-state index contributed by atoms with van der Waals surface area (Å²) < 4.78 is 26.8. The van der Waals surface area contributed by atoms with E-state index in [0.717, 1.165) is 66.5 Å². The van der Waals surface area contributed by atoms with Crippen LogP contribution in [0.25, 0.3) is 11.1 Å². The number of rotatable bonds is 23. The van der Waals surface area contributed by atoms with E-state index in [0.29, 0.717) is 43.1 Å². The SMILES string of the molecule is C=CCOC12Oc3ccc(Oc4ccc(-c5ccccc5)cc4)cc3C3C(CCCCO)C(CCCCO)C=C(C(=NOCC)CC1N(CCOCCO)C(=O)C1CC1)C32. The summed E-state index contributed by atoms with van der Waals surface area (Å²) in [6.45, 7) is 7.31. The van der Waals surface area contributed by atoms with Crippen LogP contribution in [0.2, 0.25) is 0 Å². The number of fused-ring (bicyclic) bond motifs is 2. The molecule has 6 atom stereocenters. The van der Waals surface area contributed by atoms with E-state index >= 15 is 0 Å². The number of hydrogen-bond acceptors (Lipinski definition) is 10. The summed E-state index contributed by atoms with van der Waals surface area (Å²) in [5.74, 6) is 0.271. The molecule has 3 aromatic carbocycles. The molecule has 3 N–H and O–H groups in total. The highest BCUT2D eigenvalue weighted by molar-refractivity contribution is 6.03. The third-order valence-corrected chi connectivity index (χ3v) is 12.4. The summed E-state index contributed by atoms with van der Waals surface area (Å²) in [5.41, 5.74) is 4.98. The van der Waals surface area contributed by atoms with Crippen LogP contribution in [0.1, 0.15) is 76.2 Å². The number of carbonyl (C=O) groups excluding carboxylic acids is 1. The van der Waals surface area contributed by atoms with Crippen molar-refractivity contribution in [2.45, 2.75) is 82.5 Å². The minimum atomic E-state index is -1.34. The molecule has 322 valence electrons. The second-order valence-corrected chi connectivity index (χ2v) is 16.3. The van der Waals surface area contributed by atoms with Gasteiger partial charge in [-0.15, -0.1) is 6.58 Å². The van der Waals surface area contributed by atoms with Crippen molar-refractivity contribution in [2.75, 3.05) is 52.8 Å². The van der Waals surface area contributed by atoms with E-state index in [1.54, 1.807) is 6.08 Å². The quantitative estimate of drug-likeness (QED) is 0.0493. The summed E-state index contributed by atoms with van der Waals surface area (Å²) in [6.07, 6.45) is 10.8. The van der Waals surface area contributed by atoms with E-state index in [4.69, 9.17) is 28.9 Å². The molecule has 2 saturated carbocycles. The van der Waals surface area contributed by atoms with Gasteiger partial charge >= 0.3 is 0 Å². The number of aliphatic hydroxyl groups excluding tert-OH is 3. The number of ether oxygens (including phenoxy) is 4. The zero-order valence-corrected chi connectivity index (χ0v) is 35.0. The molecular weight excluding hydrogens is 761 g/mol. The van der Waals surface area contributed by atoms with Crippen LogP contribution >= 0.6 is 0 Å². The summed E-state index contributed by atoms with van der Waals surface area (Å²) >= 11 is 0. The summed E-state index contributed by atoms with van der Waals surface area (Å²) in [7, 11) is 0. The molecule has 11 heteroatoms. The fourth-order valence-electron chi connectivity index (χ4n) is 9.65. The lowest BCUT2D eigenvalue weighted by atomic mass is 9.55. The molecule has 1 amide bonds. The molecule has 60 heavy (non-hydrogen) atoms. The van der Waals surface area contributed by atoms with Gasteiger partial charge in [-0.1, -0.05) is 72.6 Å². The van der Waals surface area contributed by atoms with Crippen molar-refractivity contribution in [3.8, 4) is 28.4 Å².